The van der Waals surface area contributed by atoms with Crippen LogP contribution < -0.4 is 53.8 Å². The van der Waals surface area contributed by atoms with E-state index in [0.717, 1.165) is 60.2 Å². The van der Waals surface area contributed by atoms with Crippen LogP contribution in [0.4, 0.5) is 4.79 Å². The minimum Gasteiger partial charge on any atom is -0.508 e. The van der Waals surface area contributed by atoms with Crippen molar-refractivity contribution >= 4 is 128 Å². The summed E-state index contributed by atoms with van der Waals surface area (Å²) in [5, 5.41) is 149. The molecular weight excluding hydrogens is 1850 g/mol. The number of aromatic nitrogens is 1. The number of phenolic OH excluding ortho intramolecular Hbond substituents is 1. The van der Waals surface area contributed by atoms with Crippen molar-refractivity contribution in [1.29, 1.82) is 0 Å². The summed E-state index contributed by atoms with van der Waals surface area (Å²) >= 11 is 1.21. The number of carbonyl (C=O) groups is 16. The highest BCUT2D eigenvalue weighted by Crippen LogP contribution is 2.32. The monoisotopic (exact) mass is 1990 g/mol. The number of hydrogen-bond donors (Lipinski definition) is 23. The van der Waals surface area contributed by atoms with Crippen LogP contribution in [-0.4, -0.2) is 333 Å². The molecule has 10 amide bonds. The molecule has 48 heteroatoms. The van der Waals surface area contributed by atoms with E-state index in [2.05, 4.69) is 48.1 Å². The Morgan fingerprint density at radius 2 is 1.20 bits per heavy atom. The Kier molecular flexibility index (Phi) is 58.1. The number of aromatic hydroxyl groups is 1. The normalized spacial score (nSPS) is 17.0. The Bertz CT molecular complexity index is 4070. The second-order valence-corrected chi connectivity index (χ2v) is 37.8. The highest BCUT2D eigenvalue weighted by atomic mass is 33.1. The van der Waals surface area contributed by atoms with Gasteiger partial charge in [-0.15, -0.1) is 11.3 Å². The van der Waals surface area contributed by atoms with E-state index in [1.54, 1.807) is 17.5 Å². The summed E-state index contributed by atoms with van der Waals surface area (Å²) in [6.07, 6.45) is -18.8. The van der Waals surface area contributed by atoms with E-state index < -0.39 is 288 Å². The third-order valence-electron chi connectivity index (χ3n) is 23.1. The number of unbranched alkanes of at least 4 members (excludes halogenated alkanes) is 4. The van der Waals surface area contributed by atoms with Gasteiger partial charge in [0.15, 0.2) is 18.7 Å². The van der Waals surface area contributed by atoms with Crippen molar-refractivity contribution in [3.8, 4) is 5.75 Å². The van der Waals surface area contributed by atoms with Crippen LogP contribution >= 0.6 is 32.9 Å². The first-order valence-electron chi connectivity index (χ1n) is 45.8. The van der Waals surface area contributed by atoms with E-state index in [0.29, 0.717) is 55.6 Å². The highest BCUT2D eigenvalue weighted by Gasteiger charge is 2.41. The predicted octanol–water partition coefficient (Wildman–Crippen LogP) is -0.596. The van der Waals surface area contributed by atoms with Gasteiger partial charge in [-0.05, 0) is 127 Å². The number of amides is 10. The number of Topliss-reactive ketones (excluding diaryl/α,β-unsaturated/α-hetero) is 2. The molecule has 3 rings (SSSR count). The number of piperidine rings is 1. The minimum absolute atomic E-state index is 0.0146. The first-order chi connectivity index (χ1) is 64.4. The number of ketones is 2. The summed E-state index contributed by atoms with van der Waals surface area (Å²) in [5.74, 6) is -18.4. The number of carboxylic acid groups (broad SMARTS) is 2. The van der Waals surface area contributed by atoms with E-state index in [9.17, 15) is 143 Å². The molecule has 2 unspecified atom stereocenters. The van der Waals surface area contributed by atoms with Gasteiger partial charge < -0.3 is 128 Å². The number of hydrazine groups is 1. The number of nitrogens with one attached hydrogen (secondary N) is 9. The van der Waals surface area contributed by atoms with Crippen molar-refractivity contribution in [3.05, 3.63) is 45.9 Å². The standard InChI is InChI=1S/C88H143N13O32S3/c1-9-18-74(118)131-46-101(87(129)75(50(5)10-2)97-85(128)62-20-15-17-34-100(62)8)63(49(3)4)36-52(7)86-95-61(44-134-86)84(127)92-56(37-53-21-25-57(105)26-22-53)35-51(6)80(123)98-99-88(130)133-48-136-135-45-71(132-47-104)96-83(126)60(28-30-70(113)91-41-66(109)77(120)79(122)68(111)43-103)94-82(125)55(24-32-73(116)117)39-64(107)59(27-29-69(112)90-40-65(108)76(119)78(121)67(110)42-102)93-81(124)54(23-31-72(114)115)38-58(106)19-14-12-11-13-16-33-89/h21-22,25-26,44,47,49-52,54-56,59-60,62-63,65-68,71,75-79,102-103,105,108-111,119-122H,9-20,23-24,27-43,45-46,48,89H2,1-8H3,(H,90,112)(H,91,113)(H,92,127)(H,93,124)(H,94,125)(H,96,126)(H,97,128)(H,98,123)(H,99,130)(H,114,115)(H,116,117)/t50?,51-,52+,54-,55-,56+,59+,60+,62?,63+,65-,66-,67+,68+,71+,75-,76+,77+,78+,79+/m0/s1. The van der Waals surface area contributed by atoms with Crippen LogP contribution in [-0.2, 0) is 87.8 Å². The largest absolute Gasteiger partial charge is 0.508 e. The number of thiazole rings is 1. The maximum absolute atomic E-state index is 15.0. The molecule has 0 spiro atoms. The number of esters is 1. The van der Waals surface area contributed by atoms with Crippen LogP contribution in [0.3, 0.4) is 0 Å². The Labute approximate surface area is 802 Å². The number of likely N-dealkylation sites (tertiary alicyclic amines) is 1. The first kappa shape index (κ1) is 121. The summed E-state index contributed by atoms with van der Waals surface area (Å²) < 4.78 is 16.1. The molecule has 20 atom stereocenters. The van der Waals surface area contributed by atoms with Gasteiger partial charge in [0, 0.05) is 106 Å². The summed E-state index contributed by atoms with van der Waals surface area (Å²) in [6.45, 7) is 9.95. The molecule has 0 radical (unpaired) electrons. The molecule has 1 aromatic heterocycles. The molecule has 1 saturated heterocycles. The lowest BCUT2D eigenvalue weighted by Gasteiger charge is -2.39. The molecule has 0 aliphatic carbocycles. The van der Waals surface area contributed by atoms with Gasteiger partial charge in [0.2, 0.25) is 47.3 Å². The number of aliphatic hydroxyl groups excluding tert-OH is 10. The van der Waals surface area contributed by atoms with E-state index in [1.165, 1.54) is 35.3 Å². The average Bonchev–Trinajstić information content (AvgIpc) is 1.81. The maximum Gasteiger partial charge on any atom is 0.426 e. The lowest BCUT2D eigenvalue weighted by molar-refractivity contribution is -0.159. The molecule has 1 aliphatic heterocycles. The zero-order chi connectivity index (χ0) is 102. The van der Waals surface area contributed by atoms with Crippen molar-refractivity contribution in [2.45, 2.75) is 306 Å². The van der Waals surface area contributed by atoms with Gasteiger partial charge >= 0.3 is 24.0 Å². The number of ether oxygens (including phenoxy) is 3. The SMILES string of the molecule is CCCC(=O)OCN(C(=O)[C@@H](NC(=O)C1CCCCN1C)C(C)CC)[C@H](C[C@@H](C)c1nc(C(=O)N[C@@H](Cc2ccc(O)cc2)C[C@H](C)C(=O)NNC(=O)OCSSC[C@H](NC(=O)[C@@H](CCC(=O)NC[C@H](O)[C@@H](O)[C@H](O)[C@H](O)CO)NC(=O)[C@@H](CCC(=O)O)CC(=O)[C@@H](CCC(=O)NC[C@H](O)[C@@H](O)[C@H](O)[C@H](O)CO)NC(=O)[C@@H](CCC(=O)O)CC(=O)CCCCCCCN)OC=O)cs1)C(C)C. The van der Waals surface area contributed by atoms with Gasteiger partial charge in [-0.25, -0.2) is 15.2 Å². The number of hydrogen-bond acceptors (Lipinski definition) is 36. The Morgan fingerprint density at radius 3 is 1.75 bits per heavy atom. The molecule has 45 nitrogen and oxygen atoms in total. The topological polar surface area (TPSA) is 717 Å². The van der Waals surface area contributed by atoms with Crippen molar-refractivity contribution in [3.63, 3.8) is 0 Å². The molecular formula is C88H143N13O32S3. The molecule has 2 heterocycles. The Hall–Kier alpha value is -9.41. The molecule has 770 valence electrons. The van der Waals surface area contributed by atoms with Gasteiger partial charge in [-0.3, -0.25) is 82.2 Å². The maximum atomic E-state index is 15.0. The van der Waals surface area contributed by atoms with Crippen molar-refractivity contribution < 1.29 is 157 Å². The van der Waals surface area contributed by atoms with E-state index in [1.807, 2.05) is 53.5 Å². The number of nitrogens with zero attached hydrogens (tertiary/aromatic N) is 3. The smallest absolute Gasteiger partial charge is 0.426 e. The highest BCUT2D eigenvalue weighted by molar-refractivity contribution is 8.76. The molecule has 1 aliphatic rings. The number of nitrogens with two attached hydrogens (primary N) is 1. The average molecular weight is 1990 g/mol. The fourth-order valence-corrected chi connectivity index (χ4v) is 17.1. The molecule has 1 aromatic carbocycles. The van der Waals surface area contributed by atoms with Crippen LogP contribution in [0, 0.1) is 29.6 Å². The fraction of sp³-hybridized carbons (Fsp3) is 0.716. The second kappa shape index (κ2) is 65.4. The number of benzene rings is 1. The second-order valence-electron chi connectivity index (χ2n) is 34.4. The van der Waals surface area contributed by atoms with Gasteiger partial charge in [0.05, 0.1) is 48.3 Å². The van der Waals surface area contributed by atoms with Gasteiger partial charge in [0.25, 0.3) is 12.4 Å². The molecule has 136 heavy (non-hydrogen) atoms. The van der Waals surface area contributed by atoms with Gasteiger partial charge in [0.1, 0.15) is 71.9 Å². The van der Waals surface area contributed by atoms with Crippen LogP contribution in [0.2, 0.25) is 0 Å². The Balaban J connectivity index is 1.87. The quantitative estimate of drug-likeness (QED) is 0.00748. The summed E-state index contributed by atoms with van der Waals surface area (Å²) in [5.41, 5.74) is 10.7. The summed E-state index contributed by atoms with van der Waals surface area (Å²) in [6, 6.07) is -0.312. The molecule has 2 aromatic rings. The van der Waals surface area contributed by atoms with Crippen molar-refractivity contribution in [2.24, 2.45) is 35.3 Å². The number of aliphatic carboxylic acids is 2. The number of phenols is 1. The minimum atomic E-state index is -2.14. The summed E-state index contributed by atoms with van der Waals surface area (Å²) in [7, 11) is 3.48. The van der Waals surface area contributed by atoms with E-state index in [-0.39, 0.29) is 79.7 Å². The lowest BCUT2D eigenvalue weighted by atomic mass is 9.90. The van der Waals surface area contributed by atoms with Crippen LogP contribution in [0.15, 0.2) is 29.6 Å². The zero-order valence-electron chi connectivity index (χ0n) is 78.3. The van der Waals surface area contributed by atoms with Crippen LogP contribution in [0.5, 0.6) is 5.75 Å². The van der Waals surface area contributed by atoms with Gasteiger partial charge in [-0.2, -0.15) is 0 Å². The third kappa shape index (κ3) is 45.5. The van der Waals surface area contributed by atoms with Crippen molar-refractivity contribution in [2.75, 3.05) is 64.9 Å². The molecule has 0 saturated carbocycles. The molecule has 0 bridgehead atoms. The number of carboxylic acids is 2. The van der Waals surface area contributed by atoms with E-state index in [4.69, 9.17) is 24.9 Å². The predicted molar refractivity (Wildman–Crippen MR) is 494 cm³/mol. The lowest BCUT2D eigenvalue weighted by Crippen LogP contribution is -2.59. The van der Waals surface area contributed by atoms with E-state index >= 15 is 0 Å². The zero-order valence-corrected chi connectivity index (χ0v) is 80.8. The van der Waals surface area contributed by atoms with Crippen molar-refractivity contribution in [1.82, 2.24) is 62.9 Å². The van der Waals surface area contributed by atoms with Crippen LogP contribution in [0.25, 0.3) is 0 Å². The number of aliphatic hydroxyl groups is 10. The number of carbonyl (C=O) groups excluding carboxylic acids is 14. The molecule has 24 N–H and O–H groups in total. The first-order valence-corrected chi connectivity index (χ1v) is 49.2. The number of rotatable bonds is 70. The number of likely N-dealkylation sites (N-methyl/N-ethyl adjacent to an activating group) is 1. The van der Waals surface area contributed by atoms with Crippen LogP contribution in [0.1, 0.15) is 230 Å². The fourth-order valence-electron chi connectivity index (χ4n) is 14.6. The molecule has 1 fully saturated rings. The third-order valence-corrected chi connectivity index (χ3v) is 26.2. The summed E-state index contributed by atoms with van der Waals surface area (Å²) in [4.78, 5) is 225. The Morgan fingerprint density at radius 1 is 0.632 bits per heavy atom. The van der Waals surface area contributed by atoms with Gasteiger partial charge in [-0.1, -0.05) is 114 Å².